The van der Waals surface area contributed by atoms with E-state index in [9.17, 15) is 22.8 Å². The molecule has 0 bridgehead atoms. The summed E-state index contributed by atoms with van der Waals surface area (Å²) in [6.45, 7) is 0. The molecule has 130 valence electrons. The lowest BCUT2D eigenvalue weighted by atomic mass is 10.1. The second-order valence-electron chi connectivity index (χ2n) is 4.94. The van der Waals surface area contributed by atoms with E-state index < -0.39 is 23.6 Å². The summed E-state index contributed by atoms with van der Waals surface area (Å²) in [6, 6.07) is 8.10. The second-order valence-corrected chi connectivity index (χ2v) is 5.35. The van der Waals surface area contributed by atoms with Crippen LogP contribution in [0.4, 0.5) is 18.9 Å². The van der Waals surface area contributed by atoms with Gasteiger partial charge in [0.15, 0.2) is 0 Å². The van der Waals surface area contributed by atoms with Crippen molar-refractivity contribution >= 4 is 35.2 Å². The Morgan fingerprint density at radius 2 is 1.72 bits per heavy atom. The maximum absolute atomic E-state index is 12.5. The number of alkyl halides is 3. The van der Waals surface area contributed by atoms with Gasteiger partial charge in [-0.05, 0) is 42.0 Å². The summed E-state index contributed by atoms with van der Waals surface area (Å²) >= 11 is 5.88. The average Bonchev–Trinajstić information content (AvgIpc) is 2.54. The molecule has 0 heterocycles. The van der Waals surface area contributed by atoms with Gasteiger partial charge in [-0.15, -0.1) is 0 Å². The number of rotatable bonds is 4. The zero-order valence-corrected chi connectivity index (χ0v) is 13.2. The Morgan fingerprint density at radius 1 is 1.08 bits per heavy atom. The molecule has 0 aliphatic heterocycles. The van der Waals surface area contributed by atoms with Crippen LogP contribution >= 0.6 is 11.6 Å². The molecule has 0 saturated carbocycles. The first-order valence-electron chi connectivity index (χ1n) is 6.86. The molecule has 25 heavy (non-hydrogen) atoms. The van der Waals surface area contributed by atoms with Crippen LogP contribution in [0.25, 0.3) is 6.08 Å². The molecule has 8 heteroatoms. The molecule has 1 amide bonds. The third kappa shape index (κ3) is 5.09. The van der Waals surface area contributed by atoms with Crippen LogP contribution < -0.4 is 5.32 Å². The molecule has 4 nitrogen and oxygen atoms in total. The molecule has 2 aromatic carbocycles. The van der Waals surface area contributed by atoms with Crippen LogP contribution in [-0.2, 0) is 11.0 Å². The van der Waals surface area contributed by atoms with Gasteiger partial charge >= 0.3 is 12.1 Å². The molecule has 0 spiro atoms. The number of carboxylic acids is 1. The number of hydrogen-bond acceptors (Lipinski definition) is 2. The van der Waals surface area contributed by atoms with Crippen molar-refractivity contribution in [2.24, 2.45) is 0 Å². The van der Waals surface area contributed by atoms with Crippen LogP contribution in [0.15, 0.2) is 48.5 Å². The quantitative estimate of drug-likeness (QED) is 0.767. The fourth-order valence-electron chi connectivity index (χ4n) is 1.88. The minimum atomic E-state index is -4.43. The molecule has 2 aromatic rings. The van der Waals surface area contributed by atoms with E-state index in [0.717, 1.165) is 18.2 Å². The van der Waals surface area contributed by atoms with Gasteiger partial charge in [0.2, 0.25) is 5.91 Å². The van der Waals surface area contributed by atoms with Crippen LogP contribution in [-0.4, -0.2) is 17.0 Å². The Balaban J connectivity index is 2.08. The van der Waals surface area contributed by atoms with E-state index in [1.165, 1.54) is 36.4 Å². The Morgan fingerprint density at radius 3 is 2.28 bits per heavy atom. The number of anilines is 1. The van der Waals surface area contributed by atoms with E-state index in [0.29, 0.717) is 5.56 Å². The van der Waals surface area contributed by atoms with E-state index >= 15 is 0 Å². The van der Waals surface area contributed by atoms with E-state index in [1.807, 2.05) is 0 Å². The Hall–Kier alpha value is -2.80. The summed E-state index contributed by atoms with van der Waals surface area (Å²) in [5.41, 5.74) is -0.324. The van der Waals surface area contributed by atoms with Crippen LogP contribution in [0.5, 0.6) is 0 Å². The molecule has 0 saturated heterocycles. The maximum atomic E-state index is 12.5. The molecular weight excluding hydrogens is 359 g/mol. The highest BCUT2D eigenvalue weighted by atomic mass is 35.5. The molecule has 0 atom stereocenters. The molecule has 0 aromatic heterocycles. The number of carbonyl (C=O) groups excluding carboxylic acids is 1. The molecule has 0 unspecified atom stereocenters. The van der Waals surface area contributed by atoms with Crippen molar-refractivity contribution in [1.82, 2.24) is 0 Å². The highest BCUT2D eigenvalue weighted by molar-refractivity contribution is 6.34. The second kappa shape index (κ2) is 7.40. The molecule has 0 radical (unpaired) electrons. The van der Waals surface area contributed by atoms with E-state index in [4.69, 9.17) is 16.7 Å². The number of aromatic carboxylic acids is 1. The highest BCUT2D eigenvalue weighted by Crippen LogP contribution is 2.29. The summed E-state index contributed by atoms with van der Waals surface area (Å²) < 4.78 is 37.4. The number of halogens is 4. The minimum Gasteiger partial charge on any atom is -0.478 e. The fourth-order valence-corrected chi connectivity index (χ4v) is 2.05. The third-order valence-corrected chi connectivity index (χ3v) is 3.47. The van der Waals surface area contributed by atoms with Crippen LogP contribution in [0, 0.1) is 0 Å². The van der Waals surface area contributed by atoms with Crippen molar-refractivity contribution in [3.63, 3.8) is 0 Å². The number of carbonyl (C=O) groups is 2. The molecule has 0 aliphatic carbocycles. The number of benzene rings is 2. The first-order valence-corrected chi connectivity index (χ1v) is 7.24. The normalized spacial score (nSPS) is 11.5. The number of carboxylic acid groups (broad SMARTS) is 1. The molecular formula is C17H11ClF3NO3. The van der Waals surface area contributed by atoms with Crippen molar-refractivity contribution in [3.05, 3.63) is 70.3 Å². The molecule has 0 aliphatic rings. The van der Waals surface area contributed by atoms with Gasteiger partial charge in [0.25, 0.3) is 0 Å². The monoisotopic (exact) mass is 369 g/mol. The van der Waals surface area contributed by atoms with Crippen molar-refractivity contribution in [2.75, 3.05) is 5.32 Å². The lowest BCUT2D eigenvalue weighted by molar-refractivity contribution is -0.137. The van der Waals surface area contributed by atoms with Gasteiger partial charge in [-0.25, -0.2) is 4.79 Å². The number of nitrogens with one attached hydrogen (secondary N) is 1. The molecule has 0 fully saturated rings. The van der Waals surface area contributed by atoms with Crippen LogP contribution in [0.3, 0.4) is 0 Å². The van der Waals surface area contributed by atoms with Crippen LogP contribution in [0.1, 0.15) is 21.5 Å². The van der Waals surface area contributed by atoms with Crippen LogP contribution in [0.2, 0.25) is 5.02 Å². The zero-order chi connectivity index (χ0) is 18.6. The third-order valence-electron chi connectivity index (χ3n) is 3.14. The Bertz CT molecular complexity index is 830. The van der Waals surface area contributed by atoms with Gasteiger partial charge in [0, 0.05) is 6.08 Å². The van der Waals surface area contributed by atoms with Crippen molar-refractivity contribution in [1.29, 1.82) is 0 Å². The van der Waals surface area contributed by atoms with Crippen molar-refractivity contribution in [2.45, 2.75) is 6.18 Å². The summed E-state index contributed by atoms with van der Waals surface area (Å²) in [7, 11) is 0. The molecule has 2 rings (SSSR count). The minimum absolute atomic E-state index is 0.0496. The average molecular weight is 370 g/mol. The highest BCUT2D eigenvalue weighted by Gasteiger charge is 2.29. The summed E-state index contributed by atoms with van der Waals surface area (Å²) in [4.78, 5) is 22.8. The predicted molar refractivity (Wildman–Crippen MR) is 87.5 cm³/mol. The summed E-state index contributed by atoms with van der Waals surface area (Å²) in [6.07, 6.45) is -2.00. The topological polar surface area (TPSA) is 66.4 Å². The Kier molecular flexibility index (Phi) is 5.48. The lowest BCUT2D eigenvalue weighted by Gasteiger charge is -2.07. The van der Waals surface area contributed by atoms with Crippen molar-refractivity contribution in [3.8, 4) is 0 Å². The van der Waals surface area contributed by atoms with Gasteiger partial charge in [-0.1, -0.05) is 23.7 Å². The number of amides is 1. The molecule has 2 N–H and O–H groups in total. The zero-order valence-electron chi connectivity index (χ0n) is 12.5. The van der Waals surface area contributed by atoms with Gasteiger partial charge in [0.05, 0.1) is 21.8 Å². The lowest BCUT2D eigenvalue weighted by Crippen LogP contribution is -2.09. The SMILES string of the molecule is O=C(/C=C/c1ccc(C(F)(F)F)cc1)Nc1cc(C(=O)O)ccc1Cl. The smallest absolute Gasteiger partial charge is 0.416 e. The van der Waals surface area contributed by atoms with E-state index in [-0.39, 0.29) is 16.3 Å². The Labute approximate surface area is 145 Å². The maximum Gasteiger partial charge on any atom is 0.416 e. The standard InChI is InChI=1S/C17H11ClF3NO3/c18-13-7-4-11(16(24)25)9-14(13)22-15(23)8-3-10-1-5-12(6-2-10)17(19,20)21/h1-9H,(H,22,23)(H,24,25)/b8-3+. The van der Waals surface area contributed by atoms with E-state index in [1.54, 1.807) is 0 Å². The summed E-state index contributed by atoms with van der Waals surface area (Å²) in [5.74, 6) is -1.78. The first-order chi connectivity index (χ1) is 11.7. The van der Waals surface area contributed by atoms with Crippen molar-refractivity contribution < 1.29 is 27.9 Å². The largest absolute Gasteiger partial charge is 0.478 e. The predicted octanol–water partition coefficient (Wildman–Crippen LogP) is 4.71. The fraction of sp³-hybridized carbons (Fsp3) is 0.0588. The van der Waals surface area contributed by atoms with Gasteiger partial charge in [-0.3, -0.25) is 4.79 Å². The summed E-state index contributed by atoms with van der Waals surface area (Å²) in [5, 5.41) is 11.5. The first kappa shape index (κ1) is 18.5. The van der Waals surface area contributed by atoms with E-state index in [2.05, 4.69) is 5.32 Å². The number of hydrogen-bond donors (Lipinski definition) is 2. The van der Waals surface area contributed by atoms with Gasteiger partial charge in [-0.2, -0.15) is 13.2 Å². The van der Waals surface area contributed by atoms with Gasteiger partial charge in [0.1, 0.15) is 0 Å². The van der Waals surface area contributed by atoms with Gasteiger partial charge < -0.3 is 10.4 Å².